The van der Waals surface area contributed by atoms with E-state index in [1.807, 2.05) is 26.0 Å². The van der Waals surface area contributed by atoms with Crippen molar-refractivity contribution in [2.24, 2.45) is 0 Å². The zero-order chi connectivity index (χ0) is 14.7. The molecule has 0 aliphatic rings. The van der Waals surface area contributed by atoms with Gasteiger partial charge in [0.15, 0.2) is 0 Å². The van der Waals surface area contributed by atoms with Crippen LogP contribution in [0.1, 0.15) is 21.5 Å². The second-order valence-electron chi connectivity index (χ2n) is 4.52. The highest BCUT2D eigenvalue weighted by atomic mass is 16.4. The number of aromatic carboxylic acids is 1. The van der Waals surface area contributed by atoms with Crippen molar-refractivity contribution in [1.29, 1.82) is 0 Å². The van der Waals surface area contributed by atoms with Crippen LogP contribution in [-0.2, 0) is 4.79 Å². The minimum atomic E-state index is -1.06. The molecule has 2 rings (SSSR count). The number of rotatable bonds is 4. The van der Waals surface area contributed by atoms with Gasteiger partial charge in [-0.05, 0) is 43.2 Å². The average Bonchev–Trinajstić information content (AvgIpc) is 2.44. The Morgan fingerprint density at radius 1 is 1.05 bits per heavy atom. The van der Waals surface area contributed by atoms with E-state index in [2.05, 4.69) is 0 Å². The van der Waals surface area contributed by atoms with E-state index in [0.717, 1.165) is 11.1 Å². The maximum atomic E-state index is 11.5. The summed E-state index contributed by atoms with van der Waals surface area (Å²) in [5, 5.41) is 9.24. The second-order valence-corrected chi connectivity index (χ2v) is 4.52. The van der Waals surface area contributed by atoms with Gasteiger partial charge in [0, 0.05) is 0 Å². The predicted octanol–water partition coefficient (Wildman–Crippen LogP) is 3.30. The van der Waals surface area contributed by atoms with Gasteiger partial charge in [-0.2, -0.15) is 0 Å². The maximum Gasteiger partial charge on any atom is 0.337 e. The summed E-state index contributed by atoms with van der Waals surface area (Å²) < 4.78 is 0. The van der Waals surface area contributed by atoms with Crippen LogP contribution in [0.3, 0.4) is 0 Å². The van der Waals surface area contributed by atoms with Gasteiger partial charge in [0.1, 0.15) is 0 Å². The lowest BCUT2D eigenvalue weighted by molar-refractivity contribution is -0.106. The summed E-state index contributed by atoms with van der Waals surface area (Å²) in [5.74, 6) is -1.06. The Kier molecular flexibility index (Phi) is 3.84. The third kappa shape index (κ3) is 2.40. The van der Waals surface area contributed by atoms with Crippen LogP contribution in [-0.4, -0.2) is 17.5 Å². The topological polar surface area (TPSA) is 57.6 Å². The molecule has 0 saturated carbocycles. The van der Waals surface area contributed by atoms with Crippen molar-refractivity contribution in [1.82, 2.24) is 0 Å². The Morgan fingerprint density at radius 2 is 1.70 bits per heavy atom. The van der Waals surface area contributed by atoms with Crippen LogP contribution in [0.25, 0.3) is 0 Å². The van der Waals surface area contributed by atoms with Gasteiger partial charge in [-0.3, -0.25) is 9.69 Å². The Morgan fingerprint density at radius 3 is 2.35 bits per heavy atom. The summed E-state index contributed by atoms with van der Waals surface area (Å²) in [4.78, 5) is 24.1. The molecule has 0 atom stereocenters. The van der Waals surface area contributed by atoms with Crippen LogP contribution in [0.2, 0.25) is 0 Å². The molecule has 0 spiro atoms. The molecule has 4 heteroatoms. The first-order chi connectivity index (χ1) is 9.56. The van der Waals surface area contributed by atoms with Gasteiger partial charge in [-0.25, -0.2) is 4.79 Å². The number of carboxylic acids is 1. The van der Waals surface area contributed by atoms with Gasteiger partial charge < -0.3 is 5.11 Å². The van der Waals surface area contributed by atoms with Crippen LogP contribution in [0.15, 0.2) is 42.5 Å². The van der Waals surface area contributed by atoms with Crippen molar-refractivity contribution in [2.45, 2.75) is 13.8 Å². The lowest BCUT2D eigenvalue weighted by Gasteiger charge is -2.22. The second kappa shape index (κ2) is 5.57. The SMILES string of the molecule is Cc1cccc(N(C=O)c2ccccc2C(=O)O)c1C. The fraction of sp³-hybridized carbons (Fsp3) is 0.125. The van der Waals surface area contributed by atoms with Gasteiger partial charge in [0.25, 0.3) is 0 Å². The monoisotopic (exact) mass is 269 g/mol. The number of hydrogen-bond acceptors (Lipinski definition) is 2. The van der Waals surface area contributed by atoms with E-state index >= 15 is 0 Å². The van der Waals surface area contributed by atoms with Crippen LogP contribution in [0, 0.1) is 13.8 Å². The molecule has 0 unspecified atom stereocenters. The maximum absolute atomic E-state index is 11.5. The number of amides is 1. The molecular formula is C16H15NO3. The molecule has 2 aromatic carbocycles. The Hall–Kier alpha value is -2.62. The number of hydrogen-bond donors (Lipinski definition) is 1. The van der Waals surface area contributed by atoms with Crippen molar-refractivity contribution in [2.75, 3.05) is 4.90 Å². The first kappa shape index (κ1) is 13.8. The lowest BCUT2D eigenvalue weighted by Crippen LogP contribution is -2.18. The van der Waals surface area contributed by atoms with Gasteiger partial charge in [0.2, 0.25) is 6.41 Å². The van der Waals surface area contributed by atoms with Crippen molar-refractivity contribution in [3.05, 3.63) is 59.2 Å². The highest BCUT2D eigenvalue weighted by Crippen LogP contribution is 2.30. The van der Waals surface area contributed by atoms with Crippen LogP contribution >= 0.6 is 0 Å². The molecule has 20 heavy (non-hydrogen) atoms. The van der Waals surface area contributed by atoms with E-state index in [-0.39, 0.29) is 5.56 Å². The number of benzene rings is 2. The number of carbonyl (C=O) groups excluding carboxylic acids is 1. The molecule has 1 amide bonds. The summed E-state index contributed by atoms with van der Waals surface area (Å²) >= 11 is 0. The largest absolute Gasteiger partial charge is 0.478 e. The quantitative estimate of drug-likeness (QED) is 0.866. The zero-order valence-corrected chi connectivity index (χ0v) is 11.3. The third-order valence-electron chi connectivity index (χ3n) is 3.33. The van der Waals surface area contributed by atoms with Crippen molar-refractivity contribution in [3.8, 4) is 0 Å². The van der Waals surface area contributed by atoms with E-state index in [0.29, 0.717) is 17.8 Å². The lowest BCUT2D eigenvalue weighted by atomic mass is 10.1. The smallest absolute Gasteiger partial charge is 0.337 e. The van der Waals surface area contributed by atoms with Crippen molar-refractivity contribution in [3.63, 3.8) is 0 Å². The minimum absolute atomic E-state index is 0.0977. The normalized spacial score (nSPS) is 10.1. The van der Waals surface area contributed by atoms with Crippen LogP contribution in [0.4, 0.5) is 11.4 Å². The molecule has 1 N–H and O–H groups in total. The standard InChI is InChI=1S/C16H15NO3/c1-11-6-5-9-14(12(11)2)17(10-18)15-8-4-3-7-13(15)16(19)20/h3-10H,1-2H3,(H,19,20). The number of nitrogens with zero attached hydrogens (tertiary/aromatic N) is 1. The van der Waals surface area contributed by atoms with Crippen LogP contribution < -0.4 is 4.90 Å². The molecule has 0 aromatic heterocycles. The summed E-state index contributed by atoms with van der Waals surface area (Å²) in [7, 11) is 0. The van der Waals surface area contributed by atoms with Crippen molar-refractivity contribution < 1.29 is 14.7 Å². The van der Waals surface area contributed by atoms with Gasteiger partial charge in [-0.15, -0.1) is 0 Å². The number of aryl methyl sites for hydroxylation is 1. The Balaban J connectivity index is 2.62. The van der Waals surface area contributed by atoms with Crippen molar-refractivity contribution >= 4 is 23.8 Å². The van der Waals surface area contributed by atoms with E-state index in [1.165, 1.54) is 11.0 Å². The zero-order valence-electron chi connectivity index (χ0n) is 11.3. The highest BCUT2D eigenvalue weighted by molar-refractivity contribution is 6.00. The number of carbonyl (C=O) groups is 2. The molecule has 0 fully saturated rings. The van der Waals surface area contributed by atoms with E-state index in [1.54, 1.807) is 24.3 Å². The van der Waals surface area contributed by atoms with Gasteiger partial charge in [0.05, 0.1) is 16.9 Å². The molecule has 0 bridgehead atoms. The summed E-state index contributed by atoms with van der Waals surface area (Å²) in [6.07, 6.45) is 0.642. The number of anilines is 2. The number of para-hydroxylation sites is 1. The Bertz CT molecular complexity index is 665. The molecule has 4 nitrogen and oxygen atoms in total. The number of carboxylic acid groups (broad SMARTS) is 1. The highest BCUT2D eigenvalue weighted by Gasteiger charge is 2.18. The van der Waals surface area contributed by atoms with E-state index in [4.69, 9.17) is 0 Å². The molecule has 0 aliphatic carbocycles. The summed E-state index contributed by atoms with van der Waals surface area (Å²) in [6.45, 7) is 3.86. The summed E-state index contributed by atoms with van der Waals surface area (Å²) in [5.41, 5.74) is 3.14. The van der Waals surface area contributed by atoms with E-state index in [9.17, 15) is 14.7 Å². The van der Waals surface area contributed by atoms with E-state index < -0.39 is 5.97 Å². The van der Waals surface area contributed by atoms with Gasteiger partial charge >= 0.3 is 5.97 Å². The third-order valence-corrected chi connectivity index (χ3v) is 3.33. The van der Waals surface area contributed by atoms with Crippen LogP contribution in [0.5, 0.6) is 0 Å². The minimum Gasteiger partial charge on any atom is -0.478 e. The molecule has 2 aromatic rings. The average molecular weight is 269 g/mol. The molecule has 0 heterocycles. The van der Waals surface area contributed by atoms with Gasteiger partial charge in [-0.1, -0.05) is 24.3 Å². The predicted molar refractivity (Wildman–Crippen MR) is 77.5 cm³/mol. The first-order valence-electron chi connectivity index (χ1n) is 6.19. The summed E-state index contributed by atoms with van der Waals surface area (Å²) in [6, 6.07) is 12.1. The fourth-order valence-electron chi connectivity index (χ4n) is 2.10. The molecular weight excluding hydrogens is 254 g/mol. The molecule has 102 valence electrons. The fourth-order valence-corrected chi connectivity index (χ4v) is 2.10. The molecule has 0 saturated heterocycles. The first-order valence-corrected chi connectivity index (χ1v) is 6.19. The molecule has 0 radical (unpaired) electrons. The Labute approximate surface area is 117 Å². The molecule has 0 aliphatic heterocycles.